The normalized spacial score (nSPS) is 27.1. The molecule has 100 valence electrons. The Hall–Kier alpha value is -0.300. The molecule has 0 aromatic heterocycles. The van der Waals surface area contributed by atoms with Crippen LogP contribution in [0.4, 0.5) is 0 Å². The van der Waals surface area contributed by atoms with Crippen molar-refractivity contribution in [2.45, 2.75) is 59.3 Å². The summed E-state index contributed by atoms with van der Waals surface area (Å²) in [6, 6.07) is 0. The van der Waals surface area contributed by atoms with Crippen molar-refractivity contribution in [2.24, 2.45) is 11.8 Å². The Balaban J connectivity index is 0.000000686. The van der Waals surface area contributed by atoms with Crippen molar-refractivity contribution in [1.29, 1.82) is 0 Å². The third-order valence-electron chi connectivity index (χ3n) is 4.01. The van der Waals surface area contributed by atoms with Gasteiger partial charge in [0.2, 0.25) is 0 Å². The smallest absolute Gasteiger partial charge is 0.00449 e. The predicted molar refractivity (Wildman–Crippen MR) is 77.3 cm³/mol. The summed E-state index contributed by atoms with van der Waals surface area (Å²) in [6.07, 6.45) is 13.4. The lowest BCUT2D eigenvalue weighted by Gasteiger charge is -2.26. The minimum atomic E-state index is 0.846. The second kappa shape index (κ2) is 8.74. The number of likely N-dealkylation sites (tertiary alicyclic amines) is 1. The van der Waals surface area contributed by atoms with Crippen molar-refractivity contribution in [2.75, 3.05) is 19.6 Å². The molecule has 1 nitrogen and oxygen atoms in total. The maximum Gasteiger partial charge on any atom is 0.00449 e. The van der Waals surface area contributed by atoms with E-state index >= 15 is 0 Å². The third-order valence-corrected chi connectivity index (χ3v) is 4.01. The van der Waals surface area contributed by atoms with Crippen LogP contribution in [-0.4, -0.2) is 24.5 Å². The van der Waals surface area contributed by atoms with Gasteiger partial charge >= 0.3 is 0 Å². The maximum absolute atomic E-state index is 2.70. The number of allylic oxidation sites excluding steroid dienone is 1. The molecule has 1 saturated heterocycles. The van der Waals surface area contributed by atoms with E-state index in [1.54, 1.807) is 0 Å². The lowest BCUT2D eigenvalue weighted by atomic mass is 9.89. The van der Waals surface area contributed by atoms with Crippen molar-refractivity contribution >= 4 is 0 Å². The van der Waals surface area contributed by atoms with Crippen LogP contribution in [-0.2, 0) is 0 Å². The maximum atomic E-state index is 2.70. The second-order valence-corrected chi connectivity index (χ2v) is 5.34. The lowest BCUT2D eigenvalue weighted by molar-refractivity contribution is 0.231. The van der Waals surface area contributed by atoms with E-state index < -0.39 is 0 Å². The fourth-order valence-electron chi connectivity index (χ4n) is 3.19. The van der Waals surface area contributed by atoms with Crippen LogP contribution in [0.3, 0.4) is 0 Å². The highest BCUT2D eigenvalue weighted by molar-refractivity contribution is 4.92. The van der Waals surface area contributed by atoms with Gasteiger partial charge in [-0.2, -0.15) is 0 Å². The fourth-order valence-corrected chi connectivity index (χ4v) is 3.19. The molecular formula is C16H31N. The monoisotopic (exact) mass is 237 g/mol. The largest absolute Gasteiger partial charge is 0.302 e. The van der Waals surface area contributed by atoms with Crippen LogP contribution >= 0.6 is 0 Å². The van der Waals surface area contributed by atoms with Gasteiger partial charge in [-0.15, -0.1) is 0 Å². The van der Waals surface area contributed by atoms with Crippen molar-refractivity contribution in [3.8, 4) is 0 Å². The van der Waals surface area contributed by atoms with Gasteiger partial charge < -0.3 is 4.90 Å². The van der Waals surface area contributed by atoms with Crippen molar-refractivity contribution in [3.63, 3.8) is 0 Å². The van der Waals surface area contributed by atoms with Gasteiger partial charge in [-0.3, -0.25) is 0 Å². The molecule has 0 N–H and O–H groups in total. The lowest BCUT2D eigenvalue weighted by Crippen LogP contribution is -2.28. The molecule has 17 heavy (non-hydrogen) atoms. The Morgan fingerprint density at radius 1 is 1.06 bits per heavy atom. The first-order valence-corrected chi connectivity index (χ1v) is 7.73. The average molecular weight is 237 g/mol. The molecule has 1 saturated carbocycles. The first-order chi connectivity index (χ1) is 8.38. The molecular weight excluding hydrogens is 206 g/mol. The van der Waals surface area contributed by atoms with Gasteiger partial charge in [0.05, 0.1) is 0 Å². The van der Waals surface area contributed by atoms with Gasteiger partial charge in [0, 0.05) is 13.1 Å². The van der Waals surface area contributed by atoms with Crippen LogP contribution in [0.15, 0.2) is 12.2 Å². The molecule has 2 aliphatic rings. The van der Waals surface area contributed by atoms with E-state index in [0.29, 0.717) is 0 Å². The molecule has 1 aliphatic heterocycles. The van der Waals surface area contributed by atoms with Gasteiger partial charge in [0.1, 0.15) is 0 Å². The number of hydrogen-bond acceptors (Lipinski definition) is 1. The molecule has 1 heterocycles. The number of hydrogen-bond donors (Lipinski definition) is 0. The van der Waals surface area contributed by atoms with Crippen LogP contribution in [0.1, 0.15) is 59.3 Å². The van der Waals surface area contributed by atoms with E-state index in [0.717, 1.165) is 11.8 Å². The molecule has 1 atom stereocenters. The standard InChI is InChI=1S/C14H25N.C2H6/c1-2-6-13-9-10-15(11-13)12-14-7-4-3-5-8-14;1-2/h2,6,13-14H,3-5,7-12H2,1H3;1-2H3/b6-2+;. The van der Waals surface area contributed by atoms with Crippen molar-refractivity contribution in [3.05, 3.63) is 12.2 Å². The van der Waals surface area contributed by atoms with E-state index in [2.05, 4.69) is 24.0 Å². The molecule has 0 amide bonds. The van der Waals surface area contributed by atoms with Crippen LogP contribution < -0.4 is 0 Å². The fraction of sp³-hybridized carbons (Fsp3) is 0.875. The molecule has 0 aromatic carbocycles. The molecule has 2 fully saturated rings. The molecule has 1 aliphatic carbocycles. The van der Waals surface area contributed by atoms with Gasteiger partial charge in [0.25, 0.3) is 0 Å². The summed E-state index contributed by atoms with van der Waals surface area (Å²) < 4.78 is 0. The minimum absolute atomic E-state index is 0.846. The SMILES string of the molecule is C/C=C/C1CCN(CC2CCCCC2)C1.CC. The highest BCUT2D eigenvalue weighted by Crippen LogP contribution is 2.26. The second-order valence-electron chi connectivity index (χ2n) is 5.34. The summed E-state index contributed by atoms with van der Waals surface area (Å²) in [4.78, 5) is 2.70. The number of nitrogens with zero attached hydrogens (tertiary/aromatic N) is 1. The zero-order chi connectivity index (χ0) is 12.5. The van der Waals surface area contributed by atoms with Crippen LogP contribution in [0.5, 0.6) is 0 Å². The Kier molecular flexibility index (Phi) is 7.59. The van der Waals surface area contributed by atoms with E-state index in [-0.39, 0.29) is 0 Å². The summed E-state index contributed by atoms with van der Waals surface area (Å²) >= 11 is 0. The molecule has 0 radical (unpaired) electrons. The summed E-state index contributed by atoms with van der Waals surface area (Å²) in [5, 5.41) is 0. The third kappa shape index (κ3) is 5.25. The Morgan fingerprint density at radius 2 is 1.76 bits per heavy atom. The molecule has 1 heteroatoms. The highest BCUT2D eigenvalue weighted by Gasteiger charge is 2.23. The first kappa shape index (κ1) is 14.8. The van der Waals surface area contributed by atoms with E-state index in [9.17, 15) is 0 Å². The minimum Gasteiger partial charge on any atom is -0.302 e. The van der Waals surface area contributed by atoms with Crippen molar-refractivity contribution < 1.29 is 0 Å². The Morgan fingerprint density at radius 3 is 2.41 bits per heavy atom. The molecule has 0 spiro atoms. The van der Waals surface area contributed by atoms with E-state index in [1.807, 2.05) is 13.8 Å². The predicted octanol–water partition coefficient (Wildman–Crippen LogP) is 4.49. The zero-order valence-electron chi connectivity index (χ0n) is 12.1. The molecule has 1 unspecified atom stereocenters. The van der Waals surface area contributed by atoms with Gasteiger partial charge in [-0.25, -0.2) is 0 Å². The Labute approximate surface area is 108 Å². The number of rotatable bonds is 3. The summed E-state index contributed by atoms with van der Waals surface area (Å²) in [5.74, 6) is 1.86. The summed E-state index contributed by atoms with van der Waals surface area (Å²) in [5.41, 5.74) is 0. The van der Waals surface area contributed by atoms with Crippen molar-refractivity contribution in [1.82, 2.24) is 4.90 Å². The van der Waals surface area contributed by atoms with Crippen LogP contribution in [0.2, 0.25) is 0 Å². The van der Waals surface area contributed by atoms with E-state index in [1.165, 1.54) is 58.2 Å². The molecule has 0 bridgehead atoms. The van der Waals surface area contributed by atoms with Crippen LogP contribution in [0, 0.1) is 11.8 Å². The summed E-state index contributed by atoms with van der Waals surface area (Å²) in [7, 11) is 0. The first-order valence-electron chi connectivity index (χ1n) is 7.73. The zero-order valence-corrected chi connectivity index (χ0v) is 12.1. The molecule has 2 rings (SSSR count). The van der Waals surface area contributed by atoms with Gasteiger partial charge in [0.15, 0.2) is 0 Å². The van der Waals surface area contributed by atoms with E-state index in [4.69, 9.17) is 0 Å². The Bertz CT molecular complexity index is 204. The summed E-state index contributed by atoms with van der Waals surface area (Å²) in [6.45, 7) is 10.2. The van der Waals surface area contributed by atoms with Gasteiger partial charge in [-0.1, -0.05) is 45.3 Å². The topological polar surface area (TPSA) is 3.24 Å². The van der Waals surface area contributed by atoms with Gasteiger partial charge in [-0.05, 0) is 44.6 Å². The average Bonchev–Trinajstić information content (AvgIpc) is 2.81. The van der Waals surface area contributed by atoms with Crippen LogP contribution in [0.25, 0.3) is 0 Å². The molecule has 0 aromatic rings. The quantitative estimate of drug-likeness (QED) is 0.654. The highest BCUT2D eigenvalue weighted by atomic mass is 15.1.